The van der Waals surface area contributed by atoms with Gasteiger partial charge < -0.3 is 9.04 Å². The number of unbranched alkanes of at least 4 members (excludes halogenated alkanes) is 7. The third kappa shape index (κ3) is 11.6. The van der Waals surface area contributed by atoms with Gasteiger partial charge in [-0.05, 0) is 34.1 Å². The molecule has 1 unspecified atom stereocenters. The van der Waals surface area contributed by atoms with Gasteiger partial charge in [0.25, 0.3) is 0 Å². The van der Waals surface area contributed by atoms with E-state index in [-0.39, 0.29) is 6.42 Å². The van der Waals surface area contributed by atoms with Crippen molar-refractivity contribution in [2.75, 3.05) is 26.2 Å². The molecule has 8 heteroatoms. The molecule has 0 aromatic heterocycles. The molecular formula is C20H42F3NO3S. The Balaban J connectivity index is 0. The van der Waals surface area contributed by atoms with Crippen LogP contribution < -0.4 is 0 Å². The van der Waals surface area contributed by atoms with E-state index in [0.717, 1.165) is 32.1 Å². The Morgan fingerprint density at radius 2 is 1.14 bits per heavy atom. The topological polar surface area (TPSA) is 57.2 Å². The van der Waals surface area contributed by atoms with Gasteiger partial charge in [-0.1, -0.05) is 58.3 Å². The maximum absolute atomic E-state index is 13.0. The largest absolute Gasteiger partial charge is 0.743 e. The van der Waals surface area contributed by atoms with Crippen LogP contribution in [0.2, 0.25) is 0 Å². The quantitative estimate of drug-likeness (QED) is 0.184. The van der Waals surface area contributed by atoms with Crippen molar-refractivity contribution in [1.82, 2.24) is 0 Å². The molecule has 0 aromatic carbocycles. The van der Waals surface area contributed by atoms with E-state index in [9.17, 15) is 26.1 Å². The summed E-state index contributed by atoms with van der Waals surface area (Å²) in [6, 6.07) is 0. The van der Waals surface area contributed by atoms with Crippen molar-refractivity contribution in [1.29, 1.82) is 0 Å². The van der Waals surface area contributed by atoms with Crippen LogP contribution in [0.4, 0.5) is 13.2 Å². The second-order valence-electron chi connectivity index (χ2n) is 7.35. The molecule has 0 fully saturated rings. The third-order valence-electron chi connectivity index (χ3n) is 5.69. The first-order valence-electron chi connectivity index (χ1n) is 10.8. The number of nitrogens with zero attached hydrogens (tertiary/aromatic N) is 1. The third-order valence-corrected chi connectivity index (χ3v) is 6.61. The predicted molar refractivity (Wildman–Crippen MR) is 109 cm³/mol. The molecule has 172 valence electrons. The van der Waals surface area contributed by atoms with E-state index in [2.05, 4.69) is 34.6 Å². The Labute approximate surface area is 171 Å². The summed E-state index contributed by atoms with van der Waals surface area (Å²) in [6.07, 6.45) is 3.52. The molecule has 4 nitrogen and oxygen atoms in total. The summed E-state index contributed by atoms with van der Waals surface area (Å²) in [7, 11) is -5.92. The van der Waals surface area contributed by atoms with Gasteiger partial charge in [0.05, 0.1) is 26.2 Å². The summed E-state index contributed by atoms with van der Waals surface area (Å²) in [6.45, 7) is 16.3. The standard InChI is InChI=1S/C12H23F3O3S.C8H20N/c1-2-3-4-5-6-7-8-9-10-11(13)12(14,15)19(16,17)18;1-5-9(6-2,7-3)8-4/h11H,2-10H2,1H3,(H,16,17,18);5-8H2,1-4H3/q;+1/p-1. The number of alkyl halides is 3. The lowest BCUT2D eigenvalue weighted by molar-refractivity contribution is -0.921. The molecule has 0 spiro atoms. The number of rotatable bonds is 15. The molecule has 0 radical (unpaired) electrons. The SMILES string of the molecule is CCCCCCCCCCC(F)C(F)(F)S(=O)(=O)[O-].CC[N+](CC)(CC)CC. The van der Waals surface area contributed by atoms with E-state index in [1.54, 1.807) is 0 Å². The predicted octanol–water partition coefficient (Wildman–Crippen LogP) is 5.88. The average Bonchev–Trinajstić information content (AvgIpc) is 2.65. The van der Waals surface area contributed by atoms with E-state index >= 15 is 0 Å². The summed E-state index contributed by atoms with van der Waals surface area (Å²) in [5.41, 5.74) is 0. The lowest BCUT2D eigenvalue weighted by atomic mass is 10.1. The number of halogens is 3. The molecular weight excluding hydrogens is 391 g/mol. The summed E-state index contributed by atoms with van der Waals surface area (Å²) in [5.74, 6) is 0. The van der Waals surface area contributed by atoms with E-state index in [4.69, 9.17) is 0 Å². The summed E-state index contributed by atoms with van der Waals surface area (Å²) in [5, 5.41) is -4.81. The molecule has 0 aliphatic heterocycles. The molecule has 0 rings (SSSR count). The minimum atomic E-state index is -5.92. The van der Waals surface area contributed by atoms with E-state index in [1.165, 1.54) is 37.1 Å². The van der Waals surface area contributed by atoms with Gasteiger partial charge in [0.1, 0.15) is 0 Å². The highest BCUT2D eigenvalue weighted by molar-refractivity contribution is 7.86. The van der Waals surface area contributed by atoms with Gasteiger partial charge in [-0.3, -0.25) is 0 Å². The Bertz CT molecular complexity index is 452. The van der Waals surface area contributed by atoms with E-state index in [1.807, 2.05) is 0 Å². The van der Waals surface area contributed by atoms with Crippen molar-refractivity contribution in [3.05, 3.63) is 0 Å². The highest BCUT2D eigenvalue weighted by atomic mass is 32.2. The lowest BCUT2D eigenvalue weighted by Crippen LogP contribution is -2.47. The number of hydrogen-bond donors (Lipinski definition) is 0. The van der Waals surface area contributed by atoms with Crippen molar-refractivity contribution < 1.29 is 30.6 Å². The Kier molecular flexibility index (Phi) is 16.5. The normalized spacial score (nSPS) is 13.8. The fraction of sp³-hybridized carbons (Fsp3) is 1.00. The van der Waals surface area contributed by atoms with Crippen LogP contribution in [-0.4, -0.2) is 55.1 Å². The molecule has 0 N–H and O–H groups in total. The molecule has 0 aliphatic rings. The van der Waals surface area contributed by atoms with Crippen LogP contribution in [0.1, 0.15) is 92.4 Å². The van der Waals surface area contributed by atoms with Gasteiger partial charge in [0, 0.05) is 0 Å². The highest BCUT2D eigenvalue weighted by Gasteiger charge is 2.46. The first-order valence-corrected chi connectivity index (χ1v) is 12.2. The highest BCUT2D eigenvalue weighted by Crippen LogP contribution is 2.30. The zero-order valence-corrected chi connectivity index (χ0v) is 19.3. The van der Waals surface area contributed by atoms with Crippen LogP contribution in [0.25, 0.3) is 0 Å². The first-order chi connectivity index (χ1) is 13.0. The summed E-state index contributed by atoms with van der Waals surface area (Å²) in [4.78, 5) is 0. The van der Waals surface area contributed by atoms with Crippen LogP contribution >= 0.6 is 0 Å². The van der Waals surface area contributed by atoms with Gasteiger partial charge in [0.2, 0.25) is 0 Å². The van der Waals surface area contributed by atoms with Crippen LogP contribution in [0.3, 0.4) is 0 Å². The molecule has 1 atom stereocenters. The van der Waals surface area contributed by atoms with Crippen molar-refractivity contribution in [3.63, 3.8) is 0 Å². The number of quaternary nitrogens is 1. The van der Waals surface area contributed by atoms with Gasteiger partial charge >= 0.3 is 5.25 Å². The zero-order valence-electron chi connectivity index (χ0n) is 18.5. The van der Waals surface area contributed by atoms with Crippen molar-refractivity contribution >= 4 is 10.1 Å². The van der Waals surface area contributed by atoms with Gasteiger partial charge in [0.15, 0.2) is 16.3 Å². The molecule has 0 saturated heterocycles. The fourth-order valence-electron chi connectivity index (χ4n) is 3.12. The summed E-state index contributed by atoms with van der Waals surface area (Å²) < 4.78 is 70.4. The second kappa shape index (κ2) is 15.5. The molecule has 0 heterocycles. The monoisotopic (exact) mass is 433 g/mol. The van der Waals surface area contributed by atoms with Crippen LogP contribution in [0.15, 0.2) is 0 Å². The average molecular weight is 434 g/mol. The Hall–Kier alpha value is -0.340. The van der Waals surface area contributed by atoms with E-state index in [0.29, 0.717) is 6.42 Å². The fourth-order valence-corrected chi connectivity index (χ4v) is 3.55. The molecule has 0 aromatic rings. The van der Waals surface area contributed by atoms with Gasteiger partial charge in [-0.25, -0.2) is 12.8 Å². The maximum atomic E-state index is 13.0. The maximum Gasteiger partial charge on any atom is 0.364 e. The minimum Gasteiger partial charge on any atom is -0.743 e. The second-order valence-corrected chi connectivity index (χ2v) is 8.81. The lowest BCUT2D eigenvalue weighted by Gasteiger charge is -2.34. The van der Waals surface area contributed by atoms with Crippen molar-refractivity contribution in [2.45, 2.75) is 104 Å². The van der Waals surface area contributed by atoms with Crippen LogP contribution in [0, 0.1) is 0 Å². The van der Waals surface area contributed by atoms with Crippen molar-refractivity contribution in [3.8, 4) is 0 Å². The van der Waals surface area contributed by atoms with Gasteiger partial charge in [-0.2, -0.15) is 8.78 Å². The minimum absolute atomic E-state index is 0.167. The smallest absolute Gasteiger partial charge is 0.364 e. The Morgan fingerprint density at radius 1 is 0.786 bits per heavy atom. The zero-order chi connectivity index (χ0) is 22.3. The molecule has 0 bridgehead atoms. The molecule has 0 aliphatic carbocycles. The molecule has 0 amide bonds. The summed E-state index contributed by atoms with van der Waals surface area (Å²) >= 11 is 0. The van der Waals surface area contributed by atoms with E-state index < -0.39 is 28.0 Å². The molecule has 28 heavy (non-hydrogen) atoms. The van der Waals surface area contributed by atoms with Gasteiger partial charge in [-0.15, -0.1) is 0 Å². The Morgan fingerprint density at radius 3 is 1.43 bits per heavy atom. The van der Waals surface area contributed by atoms with Crippen molar-refractivity contribution in [2.24, 2.45) is 0 Å². The first kappa shape index (κ1) is 29.9. The van der Waals surface area contributed by atoms with Crippen LogP contribution in [0.5, 0.6) is 0 Å². The molecule has 0 saturated carbocycles. The number of hydrogen-bond acceptors (Lipinski definition) is 3. The van der Waals surface area contributed by atoms with Crippen LogP contribution in [-0.2, 0) is 10.1 Å².